The van der Waals surface area contributed by atoms with Crippen molar-refractivity contribution in [1.82, 2.24) is 0 Å². The minimum absolute atomic E-state index is 0.0297. The number of carbonyl (C=O) groups excluding carboxylic acids is 1. The first-order valence-corrected chi connectivity index (χ1v) is 7.54. The Kier molecular flexibility index (Phi) is 4.85. The van der Waals surface area contributed by atoms with Crippen molar-refractivity contribution < 1.29 is 4.79 Å². The molecule has 1 amide bonds. The van der Waals surface area contributed by atoms with Gasteiger partial charge in [-0.2, -0.15) is 0 Å². The fraction of sp³-hybridized carbons (Fsp3) is 0.235. The van der Waals surface area contributed by atoms with Crippen LogP contribution in [0.25, 0.3) is 0 Å². The smallest absolute Gasteiger partial charge is 0.237 e. The average Bonchev–Trinajstić information content (AvgIpc) is 2.44. The van der Waals surface area contributed by atoms with Gasteiger partial charge in [-0.1, -0.05) is 24.3 Å². The molecular formula is C17H19NOS. The molecule has 104 valence electrons. The summed E-state index contributed by atoms with van der Waals surface area (Å²) in [6.07, 6.45) is 0. The molecule has 0 saturated carbocycles. The van der Waals surface area contributed by atoms with Gasteiger partial charge in [-0.3, -0.25) is 4.79 Å². The second kappa shape index (κ2) is 6.62. The highest BCUT2D eigenvalue weighted by atomic mass is 32.2. The Morgan fingerprint density at radius 2 is 1.75 bits per heavy atom. The summed E-state index contributed by atoms with van der Waals surface area (Å²) in [5, 5.41) is 2.84. The molecule has 0 aromatic heterocycles. The molecular weight excluding hydrogens is 266 g/mol. The zero-order valence-corrected chi connectivity index (χ0v) is 12.8. The van der Waals surface area contributed by atoms with Crippen LogP contribution >= 0.6 is 11.8 Å². The topological polar surface area (TPSA) is 29.1 Å². The Labute approximate surface area is 124 Å². The summed E-state index contributed by atoms with van der Waals surface area (Å²) in [7, 11) is 0. The van der Waals surface area contributed by atoms with E-state index >= 15 is 0 Å². The lowest BCUT2D eigenvalue weighted by atomic mass is 10.1. The second-order valence-electron chi connectivity index (χ2n) is 4.86. The van der Waals surface area contributed by atoms with Crippen molar-refractivity contribution in [3.63, 3.8) is 0 Å². The third-order valence-corrected chi connectivity index (χ3v) is 4.31. The van der Waals surface area contributed by atoms with Crippen LogP contribution in [0, 0.1) is 13.8 Å². The van der Waals surface area contributed by atoms with Gasteiger partial charge in [0.2, 0.25) is 5.91 Å². The summed E-state index contributed by atoms with van der Waals surface area (Å²) in [6.45, 7) is 6.04. The molecule has 2 rings (SSSR count). The van der Waals surface area contributed by atoms with Crippen molar-refractivity contribution in [3.05, 3.63) is 59.7 Å². The van der Waals surface area contributed by atoms with Crippen molar-refractivity contribution in [2.75, 3.05) is 5.32 Å². The lowest BCUT2D eigenvalue weighted by Crippen LogP contribution is -2.22. The molecule has 3 heteroatoms. The van der Waals surface area contributed by atoms with E-state index in [-0.39, 0.29) is 11.2 Å². The molecule has 0 aliphatic heterocycles. The molecule has 20 heavy (non-hydrogen) atoms. The molecule has 1 N–H and O–H groups in total. The second-order valence-corrected chi connectivity index (χ2v) is 6.28. The highest BCUT2D eigenvalue weighted by molar-refractivity contribution is 8.00. The quantitative estimate of drug-likeness (QED) is 0.842. The van der Waals surface area contributed by atoms with Gasteiger partial charge >= 0.3 is 0 Å². The summed E-state index contributed by atoms with van der Waals surface area (Å²) in [6, 6.07) is 16.0. The molecule has 0 radical (unpaired) electrons. The van der Waals surface area contributed by atoms with E-state index < -0.39 is 0 Å². The predicted octanol–water partition coefficient (Wildman–Crippen LogP) is 4.42. The van der Waals surface area contributed by atoms with E-state index in [1.807, 2.05) is 62.4 Å². The van der Waals surface area contributed by atoms with Crippen LogP contribution in [-0.2, 0) is 4.79 Å². The monoisotopic (exact) mass is 285 g/mol. The molecule has 0 aliphatic rings. The minimum Gasteiger partial charge on any atom is -0.325 e. The number of nitrogens with one attached hydrogen (secondary N) is 1. The van der Waals surface area contributed by atoms with E-state index in [0.29, 0.717) is 0 Å². The normalized spacial score (nSPS) is 11.9. The first-order valence-electron chi connectivity index (χ1n) is 6.66. The van der Waals surface area contributed by atoms with Gasteiger partial charge in [0.1, 0.15) is 0 Å². The third kappa shape index (κ3) is 3.87. The lowest BCUT2D eigenvalue weighted by molar-refractivity contribution is -0.115. The largest absolute Gasteiger partial charge is 0.325 e. The SMILES string of the molecule is Cc1ccc(NC(=O)[C@@H](C)Sc2ccccc2)cc1C. The van der Waals surface area contributed by atoms with Gasteiger partial charge in [0.25, 0.3) is 0 Å². The van der Waals surface area contributed by atoms with Crippen molar-refractivity contribution in [1.29, 1.82) is 0 Å². The van der Waals surface area contributed by atoms with Gasteiger partial charge < -0.3 is 5.32 Å². The maximum atomic E-state index is 12.2. The zero-order valence-electron chi connectivity index (χ0n) is 12.0. The number of thioether (sulfide) groups is 1. The van der Waals surface area contributed by atoms with Crippen LogP contribution in [0.4, 0.5) is 5.69 Å². The van der Waals surface area contributed by atoms with Crippen molar-refractivity contribution >= 4 is 23.4 Å². The van der Waals surface area contributed by atoms with E-state index in [0.717, 1.165) is 10.6 Å². The molecule has 2 nitrogen and oxygen atoms in total. The van der Waals surface area contributed by atoms with Crippen LogP contribution in [0.15, 0.2) is 53.4 Å². The van der Waals surface area contributed by atoms with E-state index in [1.54, 1.807) is 11.8 Å². The molecule has 0 heterocycles. The van der Waals surface area contributed by atoms with Gasteiger partial charge in [0.05, 0.1) is 5.25 Å². The maximum absolute atomic E-state index is 12.2. The standard InChI is InChI=1S/C17H19NOS/c1-12-9-10-15(11-13(12)2)18-17(19)14(3)20-16-7-5-4-6-8-16/h4-11,14H,1-3H3,(H,18,19)/t14-/m1/s1. The van der Waals surface area contributed by atoms with E-state index in [1.165, 1.54) is 11.1 Å². The molecule has 0 spiro atoms. The molecule has 1 atom stereocenters. The number of anilines is 1. The summed E-state index contributed by atoms with van der Waals surface area (Å²) in [4.78, 5) is 13.3. The molecule has 0 aliphatic carbocycles. The number of aryl methyl sites for hydroxylation is 2. The van der Waals surface area contributed by atoms with Gasteiger partial charge in [-0.05, 0) is 56.2 Å². The fourth-order valence-corrected chi connectivity index (χ4v) is 2.71. The Balaban J connectivity index is 1.99. The van der Waals surface area contributed by atoms with Crippen LogP contribution in [0.1, 0.15) is 18.1 Å². The highest BCUT2D eigenvalue weighted by Crippen LogP contribution is 2.24. The van der Waals surface area contributed by atoms with Gasteiger partial charge in [0.15, 0.2) is 0 Å². The van der Waals surface area contributed by atoms with Gasteiger partial charge in [-0.15, -0.1) is 11.8 Å². The number of hydrogen-bond donors (Lipinski definition) is 1. The van der Waals surface area contributed by atoms with Crippen LogP contribution in [0.5, 0.6) is 0 Å². The molecule has 2 aromatic rings. The van der Waals surface area contributed by atoms with Crippen molar-refractivity contribution in [3.8, 4) is 0 Å². The molecule has 2 aromatic carbocycles. The molecule has 0 bridgehead atoms. The van der Waals surface area contributed by atoms with Crippen LogP contribution in [0.3, 0.4) is 0 Å². The Morgan fingerprint density at radius 3 is 2.40 bits per heavy atom. The molecule has 0 saturated heterocycles. The van der Waals surface area contributed by atoms with Crippen LogP contribution in [0.2, 0.25) is 0 Å². The summed E-state index contributed by atoms with van der Waals surface area (Å²) in [5.41, 5.74) is 3.28. The number of carbonyl (C=O) groups is 1. The lowest BCUT2D eigenvalue weighted by Gasteiger charge is -2.13. The van der Waals surface area contributed by atoms with E-state index in [2.05, 4.69) is 12.2 Å². The number of rotatable bonds is 4. The summed E-state index contributed by atoms with van der Waals surface area (Å²) in [5.74, 6) is 0.0297. The number of hydrogen-bond acceptors (Lipinski definition) is 2. The van der Waals surface area contributed by atoms with Crippen molar-refractivity contribution in [2.24, 2.45) is 0 Å². The third-order valence-electron chi connectivity index (χ3n) is 3.20. The first-order chi connectivity index (χ1) is 9.56. The number of amides is 1. The summed E-state index contributed by atoms with van der Waals surface area (Å²) >= 11 is 1.57. The van der Waals surface area contributed by atoms with E-state index in [9.17, 15) is 4.79 Å². The number of benzene rings is 2. The Hall–Kier alpha value is -1.74. The molecule has 0 fully saturated rings. The minimum atomic E-state index is -0.126. The maximum Gasteiger partial charge on any atom is 0.237 e. The Bertz CT molecular complexity index is 595. The summed E-state index contributed by atoms with van der Waals surface area (Å²) < 4.78 is 0. The predicted molar refractivity (Wildman–Crippen MR) is 86.3 cm³/mol. The van der Waals surface area contributed by atoms with Crippen LogP contribution in [-0.4, -0.2) is 11.2 Å². The first kappa shape index (κ1) is 14.7. The fourth-order valence-electron chi connectivity index (χ4n) is 1.82. The zero-order chi connectivity index (χ0) is 14.5. The Morgan fingerprint density at radius 1 is 1.05 bits per heavy atom. The van der Waals surface area contributed by atoms with E-state index in [4.69, 9.17) is 0 Å². The average molecular weight is 285 g/mol. The molecule has 0 unspecified atom stereocenters. The highest BCUT2D eigenvalue weighted by Gasteiger charge is 2.14. The van der Waals surface area contributed by atoms with Gasteiger partial charge in [0, 0.05) is 10.6 Å². The van der Waals surface area contributed by atoms with Crippen molar-refractivity contribution in [2.45, 2.75) is 30.9 Å². The van der Waals surface area contributed by atoms with Gasteiger partial charge in [-0.25, -0.2) is 0 Å². The van der Waals surface area contributed by atoms with Crippen LogP contribution < -0.4 is 5.32 Å².